The van der Waals surface area contributed by atoms with Crippen LogP contribution in [0.2, 0.25) is 0 Å². The van der Waals surface area contributed by atoms with Crippen molar-refractivity contribution >= 4 is 154 Å². The number of fused-ring (bicyclic) bond motifs is 12. The quantitative estimate of drug-likeness (QED) is 0.155. The second-order valence-electron chi connectivity index (χ2n) is 23.2. The van der Waals surface area contributed by atoms with E-state index >= 15 is 0 Å². The van der Waals surface area contributed by atoms with Crippen LogP contribution >= 0.6 is 0 Å². The van der Waals surface area contributed by atoms with Gasteiger partial charge in [-0.25, -0.2) is 0 Å². The molecule has 0 saturated heterocycles. The molecule has 0 N–H and O–H groups in total. The van der Waals surface area contributed by atoms with E-state index in [0.29, 0.717) is 0 Å². The smallest absolute Gasteiger partial charge is 0.135 e. The monoisotopic (exact) mass is 1010 g/mol. The number of rotatable bonds is 6. The molecule has 0 amide bonds. The van der Waals surface area contributed by atoms with Crippen molar-refractivity contribution in [2.75, 3.05) is 9.80 Å². The number of hydrogen-bond acceptors (Lipinski definition) is 6. The first kappa shape index (κ1) is 44.7. The van der Waals surface area contributed by atoms with E-state index in [1.807, 2.05) is 24.3 Å². The molecule has 12 aromatic carbocycles. The van der Waals surface area contributed by atoms with Crippen LogP contribution in [0.4, 0.5) is 34.1 Å². The number of nitrogens with zero attached hydrogens (tertiary/aromatic N) is 2. The van der Waals surface area contributed by atoms with Gasteiger partial charge in [0, 0.05) is 76.6 Å². The molecule has 78 heavy (non-hydrogen) atoms. The average molecular weight is 1010 g/mol. The molecule has 16 aromatic rings. The van der Waals surface area contributed by atoms with Crippen LogP contribution in [0.25, 0.3) is 120 Å². The van der Waals surface area contributed by atoms with Crippen LogP contribution in [0.3, 0.4) is 0 Å². The van der Waals surface area contributed by atoms with E-state index in [0.717, 1.165) is 133 Å². The van der Waals surface area contributed by atoms with Crippen molar-refractivity contribution < 1.29 is 17.7 Å². The Hall–Kier alpha value is -9.52. The van der Waals surface area contributed by atoms with Crippen molar-refractivity contribution in [1.29, 1.82) is 0 Å². The van der Waals surface area contributed by atoms with Crippen molar-refractivity contribution in [3.05, 3.63) is 217 Å². The fourth-order valence-corrected chi connectivity index (χ4v) is 12.8. The Labute approximate surface area is 449 Å². The summed E-state index contributed by atoms with van der Waals surface area (Å²) in [5.74, 6) is 0. The predicted octanol–water partition coefficient (Wildman–Crippen LogP) is 21.7. The Bertz CT molecular complexity index is 4600. The Balaban J connectivity index is 1.02. The Kier molecular flexibility index (Phi) is 9.18. The van der Waals surface area contributed by atoms with Crippen molar-refractivity contribution in [2.45, 2.75) is 52.4 Å². The summed E-state index contributed by atoms with van der Waals surface area (Å²) in [6.45, 7) is 14.1. The molecule has 0 radical (unpaired) electrons. The van der Waals surface area contributed by atoms with E-state index in [9.17, 15) is 0 Å². The summed E-state index contributed by atoms with van der Waals surface area (Å²) in [5, 5.41) is 15.9. The summed E-state index contributed by atoms with van der Waals surface area (Å²) in [5.41, 5.74) is 15.3. The molecule has 4 heterocycles. The molecule has 6 nitrogen and oxygen atoms in total. The van der Waals surface area contributed by atoms with Gasteiger partial charge in [-0.1, -0.05) is 139 Å². The largest absolute Gasteiger partial charge is 0.456 e. The highest BCUT2D eigenvalue weighted by Crippen LogP contribution is 2.53. The standard InChI is InChI=1S/C72H52N2O4/c1-71(2,3)57-39-59(73(41-23-31-65-53(35-41)45-15-7-11-19-61(45)75-65)42-24-32-66-54(36-42)46-16-8-12-20-62(46)76-66)51-30-28-50-58(72(4,5)6)40-60(52-29-27-49(57)69(51)70(50)52)74(43-25-33-67-55(37-43)47-17-9-13-21-63(47)77-67)44-26-34-68-56(38-44)48-18-10-14-22-64(48)78-68/h7-40H,1-6H3. The molecular formula is C72H52N2O4. The minimum absolute atomic E-state index is 0.245. The maximum absolute atomic E-state index is 6.47. The predicted molar refractivity (Wildman–Crippen MR) is 326 cm³/mol. The number of anilines is 6. The minimum Gasteiger partial charge on any atom is -0.456 e. The lowest BCUT2D eigenvalue weighted by molar-refractivity contribution is 0.595. The third-order valence-electron chi connectivity index (χ3n) is 16.4. The third-order valence-corrected chi connectivity index (χ3v) is 16.4. The lowest BCUT2D eigenvalue weighted by atomic mass is 9.77. The molecule has 0 bridgehead atoms. The summed E-state index contributed by atoms with van der Waals surface area (Å²) >= 11 is 0. The van der Waals surface area contributed by atoms with E-state index in [1.54, 1.807) is 0 Å². The minimum atomic E-state index is -0.245. The van der Waals surface area contributed by atoms with Gasteiger partial charge < -0.3 is 27.5 Å². The van der Waals surface area contributed by atoms with Crippen LogP contribution in [-0.4, -0.2) is 0 Å². The highest BCUT2D eigenvalue weighted by atomic mass is 16.3. The van der Waals surface area contributed by atoms with E-state index in [4.69, 9.17) is 17.7 Å². The lowest BCUT2D eigenvalue weighted by Gasteiger charge is -2.33. The van der Waals surface area contributed by atoms with Crippen molar-refractivity contribution in [3.8, 4) is 0 Å². The van der Waals surface area contributed by atoms with Gasteiger partial charge in [0.25, 0.3) is 0 Å². The normalized spacial score (nSPS) is 12.7. The van der Waals surface area contributed by atoms with Crippen LogP contribution in [0.5, 0.6) is 0 Å². The molecule has 0 unspecified atom stereocenters. The topological polar surface area (TPSA) is 59.0 Å². The Morgan fingerprint density at radius 1 is 0.244 bits per heavy atom. The first-order valence-electron chi connectivity index (χ1n) is 27.0. The molecule has 0 fully saturated rings. The first-order valence-corrected chi connectivity index (χ1v) is 27.0. The average Bonchev–Trinajstić information content (AvgIpc) is 4.05. The molecule has 0 aliphatic rings. The molecule has 0 aliphatic heterocycles. The summed E-state index contributed by atoms with van der Waals surface area (Å²) in [4.78, 5) is 4.94. The van der Waals surface area contributed by atoms with Crippen molar-refractivity contribution in [3.63, 3.8) is 0 Å². The lowest BCUT2D eigenvalue weighted by Crippen LogP contribution is -2.17. The fraction of sp³-hybridized carbons (Fsp3) is 0.111. The van der Waals surface area contributed by atoms with Crippen molar-refractivity contribution in [1.82, 2.24) is 0 Å². The maximum Gasteiger partial charge on any atom is 0.135 e. The van der Waals surface area contributed by atoms with Crippen LogP contribution in [0.15, 0.2) is 224 Å². The zero-order valence-electron chi connectivity index (χ0n) is 44.2. The second kappa shape index (κ2) is 16.0. The summed E-state index contributed by atoms with van der Waals surface area (Å²) in [6.07, 6.45) is 0. The number of hydrogen-bond donors (Lipinski definition) is 0. The highest BCUT2D eigenvalue weighted by Gasteiger charge is 2.31. The van der Waals surface area contributed by atoms with E-state index < -0.39 is 0 Å². The van der Waals surface area contributed by atoms with Gasteiger partial charge in [0.15, 0.2) is 0 Å². The SMILES string of the molecule is CC(C)(C)c1cc(N(c2ccc3oc4ccccc4c3c2)c2ccc3oc4ccccc4c3c2)c2ccc3c(C(C)(C)C)cc(N(c4ccc5oc6ccccc6c5c4)c4ccc5oc6ccccc6c5c4)c4ccc1c2c43. The Morgan fingerprint density at radius 3 is 0.782 bits per heavy atom. The van der Waals surface area contributed by atoms with Gasteiger partial charge in [0.1, 0.15) is 44.7 Å². The summed E-state index contributed by atoms with van der Waals surface area (Å²) in [7, 11) is 0. The second-order valence-corrected chi connectivity index (χ2v) is 23.2. The third kappa shape index (κ3) is 6.56. The molecule has 0 atom stereocenters. The molecule has 4 aromatic heterocycles. The van der Waals surface area contributed by atoms with Crippen LogP contribution in [0.1, 0.15) is 52.7 Å². The fourth-order valence-electron chi connectivity index (χ4n) is 12.8. The van der Waals surface area contributed by atoms with Gasteiger partial charge in [0.05, 0.1) is 11.4 Å². The molecule has 0 aliphatic carbocycles. The first-order chi connectivity index (χ1) is 37.9. The van der Waals surface area contributed by atoms with E-state index in [1.165, 1.54) is 32.7 Å². The zero-order valence-corrected chi connectivity index (χ0v) is 44.2. The molecular weight excluding hydrogens is 957 g/mol. The van der Waals surface area contributed by atoms with Crippen LogP contribution in [-0.2, 0) is 10.8 Å². The Morgan fingerprint density at radius 2 is 0.500 bits per heavy atom. The van der Waals surface area contributed by atoms with Gasteiger partial charge in [-0.05, 0) is 153 Å². The summed E-state index contributed by atoms with van der Waals surface area (Å²) in [6, 6.07) is 74.5. The molecule has 6 heteroatoms. The zero-order chi connectivity index (χ0) is 52.3. The van der Waals surface area contributed by atoms with Gasteiger partial charge in [-0.3, -0.25) is 0 Å². The van der Waals surface area contributed by atoms with E-state index in [-0.39, 0.29) is 10.8 Å². The number of benzene rings is 12. The number of para-hydroxylation sites is 4. The van der Waals surface area contributed by atoms with Crippen molar-refractivity contribution in [2.24, 2.45) is 0 Å². The molecule has 16 rings (SSSR count). The van der Waals surface area contributed by atoms with Gasteiger partial charge in [-0.2, -0.15) is 0 Å². The number of furan rings is 4. The van der Waals surface area contributed by atoms with Crippen LogP contribution < -0.4 is 9.80 Å². The maximum atomic E-state index is 6.47. The van der Waals surface area contributed by atoms with Gasteiger partial charge in [-0.15, -0.1) is 0 Å². The highest BCUT2D eigenvalue weighted by molar-refractivity contribution is 6.30. The van der Waals surface area contributed by atoms with Gasteiger partial charge in [0.2, 0.25) is 0 Å². The molecule has 374 valence electrons. The molecule has 0 spiro atoms. The molecule has 0 saturated carbocycles. The van der Waals surface area contributed by atoms with Gasteiger partial charge >= 0.3 is 0 Å². The van der Waals surface area contributed by atoms with E-state index in [2.05, 4.69) is 233 Å². The summed E-state index contributed by atoms with van der Waals surface area (Å²) < 4.78 is 25.9. The van der Waals surface area contributed by atoms with Crippen LogP contribution in [0, 0.1) is 0 Å².